The van der Waals surface area contributed by atoms with E-state index in [-0.39, 0.29) is 6.04 Å². The van der Waals surface area contributed by atoms with E-state index >= 15 is 0 Å². The van der Waals surface area contributed by atoms with Crippen LogP contribution in [0, 0.1) is 5.41 Å². The van der Waals surface area contributed by atoms with E-state index < -0.39 is 23.4 Å². The third kappa shape index (κ3) is 1.71. The number of nitrogens with one attached hydrogen (secondary N) is 1. The fourth-order valence-corrected chi connectivity index (χ4v) is 2.08. The molecule has 2 aliphatic carbocycles. The van der Waals surface area contributed by atoms with E-state index in [0.29, 0.717) is 19.3 Å². The molecule has 2 aliphatic rings. The van der Waals surface area contributed by atoms with Crippen molar-refractivity contribution in [2.75, 3.05) is 0 Å². The number of hydrogen-bond acceptors (Lipinski definition) is 3. The van der Waals surface area contributed by atoms with Gasteiger partial charge >= 0.3 is 5.97 Å². The summed E-state index contributed by atoms with van der Waals surface area (Å²) in [4.78, 5) is 22.5. The van der Waals surface area contributed by atoms with Gasteiger partial charge in [0.25, 0.3) is 0 Å². The number of aliphatic carboxylic acids is 1. The molecule has 2 fully saturated rings. The van der Waals surface area contributed by atoms with Gasteiger partial charge < -0.3 is 15.5 Å². The summed E-state index contributed by atoms with van der Waals surface area (Å²) in [6.07, 6.45) is 2.62. The highest BCUT2D eigenvalue weighted by Gasteiger charge is 2.57. The van der Waals surface area contributed by atoms with E-state index in [0.717, 1.165) is 12.8 Å². The number of carbonyl (C=O) groups is 2. The zero-order chi connectivity index (χ0) is 11.1. The van der Waals surface area contributed by atoms with Gasteiger partial charge in [-0.2, -0.15) is 0 Å². The summed E-state index contributed by atoms with van der Waals surface area (Å²) >= 11 is 0. The molecule has 84 valence electrons. The third-order valence-corrected chi connectivity index (χ3v) is 3.39. The van der Waals surface area contributed by atoms with Crippen LogP contribution < -0.4 is 5.32 Å². The first kappa shape index (κ1) is 10.4. The molecule has 2 rings (SSSR count). The van der Waals surface area contributed by atoms with Gasteiger partial charge in [-0.1, -0.05) is 0 Å². The molecular formula is C10H15NO4. The highest BCUT2D eigenvalue weighted by Crippen LogP contribution is 2.46. The Kier molecular flexibility index (Phi) is 2.42. The molecule has 2 unspecified atom stereocenters. The van der Waals surface area contributed by atoms with Gasteiger partial charge in [0.1, 0.15) is 5.41 Å². The quantitative estimate of drug-likeness (QED) is 0.570. The molecule has 0 heterocycles. The molecule has 5 heteroatoms. The van der Waals surface area contributed by atoms with Crippen molar-refractivity contribution in [3.8, 4) is 0 Å². The van der Waals surface area contributed by atoms with E-state index in [2.05, 4.69) is 5.32 Å². The SMILES string of the molecule is O=C(O)C1(C(=O)NC2CCCC2O)CC1. The van der Waals surface area contributed by atoms with Crippen LogP contribution in [0.3, 0.4) is 0 Å². The Labute approximate surface area is 87.5 Å². The standard InChI is InChI=1S/C10H15NO4/c12-7-3-1-2-6(7)11-8(13)10(4-5-10)9(14)15/h6-7,12H,1-5H2,(H,11,13)(H,14,15). The van der Waals surface area contributed by atoms with Gasteiger partial charge in [0, 0.05) is 0 Å². The average Bonchev–Trinajstić information content (AvgIpc) is 2.89. The number of hydrogen-bond donors (Lipinski definition) is 3. The van der Waals surface area contributed by atoms with Crippen LogP contribution in [0.15, 0.2) is 0 Å². The minimum atomic E-state index is -1.19. The van der Waals surface area contributed by atoms with Gasteiger partial charge in [0.15, 0.2) is 0 Å². The van der Waals surface area contributed by atoms with Crippen LogP contribution in [-0.4, -0.2) is 34.2 Å². The predicted molar refractivity (Wildman–Crippen MR) is 51.1 cm³/mol. The molecule has 0 aromatic carbocycles. The minimum Gasteiger partial charge on any atom is -0.480 e. The summed E-state index contributed by atoms with van der Waals surface area (Å²) in [6, 6.07) is -0.255. The van der Waals surface area contributed by atoms with Crippen molar-refractivity contribution >= 4 is 11.9 Å². The van der Waals surface area contributed by atoms with Crippen LogP contribution in [0.25, 0.3) is 0 Å². The van der Waals surface area contributed by atoms with Gasteiger partial charge in [-0.05, 0) is 32.1 Å². The van der Waals surface area contributed by atoms with Crippen LogP contribution >= 0.6 is 0 Å². The van der Waals surface area contributed by atoms with Crippen LogP contribution in [0.2, 0.25) is 0 Å². The predicted octanol–water partition coefficient (Wildman–Crippen LogP) is -0.119. The maximum Gasteiger partial charge on any atom is 0.319 e. The van der Waals surface area contributed by atoms with E-state index in [4.69, 9.17) is 5.11 Å². The summed E-state index contributed by atoms with van der Waals surface area (Å²) in [7, 11) is 0. The number of carboxylic acids is 1. The van der Waals surface area contributed by atoms with Crippen molar-refractivity contribution < 1.29 is 19.8 Å². The Morgan fingerprint density at radius 2 is 1.93 bits per heavy atom. The molecule has 1 amide bonds. The number of aliphatic hydroxyl groups is 1. The summed E-state index contributed by atoms with van der Waals surface area (Å²) in [6.45, 7) is 0. The zero-order valence-electron chi connectivity index (χ0n) is 8.40. The lowest BCUT2D eigenvalue weighted by Gasteiger charge is -2.19. The number of carboxylic acid groups (broad SMARTS) is 1. The van der Waals surface area contributed by atoms with Crippen molar-refractivity contribution in [2.45, 2.75) is 44.2 Å². The third-order valence-electron chi connectivity index (χ3n) is 3.39. The molecule has 3 N–H and O–H groups in total. The molecule has 0 radical (unpaired) electrons. The second-order valence-corrected chi connectivity index (χ2v) is 4.47. The molecule has 15 heavy (non-hydrogen) atoms. The summed E-state index contributed by atoms with van der Waals surface area (Å²) in [5.74, 6) is -1.48. The highest BCUT2D eigenvalue weighted by molar-refractivity contribution is 6.04. The molecular weight excluding hydrogens is 198 g/mol. The van der Waals surface area contributed by atoms with Gasteiger partial charge in [-0.15, -0.1) is 0 Å². The molecule has 5 nitrogen and oxygen atoms in total. The molecule has 0 spiro atoms. The Hall–Kier alpha value is -1.10. The van der Waals surface area contributed by atoms with E-state index in [9.17, 15) is 14.7 Å². The van der Waals surface area contributed by atoms with Crippen molar-refractivity contribution in [1.82, 2.24) is 5.32 Å². The number of rotatable bonds is 3. The van der Waals surface area contributed by atoms with Crippen molar-refractivity contribution in [3.63, 3.8) is 0 Å². The molecule has 2 atom stereocenters. The smallest absolute Gasteiger partial charge is 0.319 e. The minimum absolute atomic E-state index is 0.255. The van der Waals surface area contributed by atoms with Gasteiger partial charge in [-0.3, -0.25) is 9.59 Å². The fourth-order valence-electron chi connectivity index (χ4n) is 2.08. The van der Waals surface area contributed by atoms with Crippen LogP contribution in [0.4, 0.5) is 0 Å². The van der Waals surface area contributed by atoms with E-state index in [1.807, 2.05) is 0 Å². The topological polar surface area (TPSA) is 86.6 Å². The monoisotopic (exact) mass is 213 g/mol. The van der Waals surface area contributed by atoms with E-state index in [1.54, 1.807) is 0 Å². The van der Waals surface area contributed by atoms with Crippen molar-refractivity contribution in [1.29, 1.82) is 0 Å². The lowest BCUT2D eigenvalue weighted by molar-refractivity contribution is -0.149. The Bertz CT molecular complexity index is 298. The number of aliphatic hydroxyl groups excluding tert-OH is 1. The molecule has 0 aromatic rings. The maximum absolute atomic E-state index is 11.7. The van der Waals surface area contributed by atoms with Crippen molar-refractivity contribution in [2.24, 2.45) is 5.41 Å². The summed E-state index contributed by atoms with van der Waals surface area (Å²) in [5.41, 5.74) is -1.19. The molecule has 2 saturated carbocycles. The van der Waals surface area contributed by atoms with Crippen molar-refractivity contribution in [3.05, 3.63) is 0 Å². The fraction of sp³-hybridized carbons (Fsp3) is 0.800. The summed E-state index contributed by atoms with van der Waals surface area (Å²) in [5, 5.41) is 21.0. The first-order chi connectivity index (χ1) is 7.06. The lowest BCUT2D eigenvalue weighted by Crippen LogP contribution is -2.45. The zero-order valence-corrected chi connectivity index (χ0v) is 8.40. The Morgan fingerprint density at radius 3 is 2.33 bits per heavy atom. The van der Waals surface area contributed by atoms with Gasteiger partial charge in [-0.25, -0.2) is 0 Å². The first-order valence-corrected chi connectivity index (χ1v) is 5.29. The average molecular weight is 213 g/mol. The lowest BCUT2D eigenvalue weighted by atomic mass is 10.1. The molecule has 0 bridgehead atoms. The normalized spacial score (nSPS) is 32.3. The Balaban J connectivity index is 1.95. The second-order valence-electron chi connectivity index (χ2n) is 4.47. The van der Waals surface area contributed by atoms with Crippen LogP contribution in [0.1, 0.15) is 32.1 Å². The molecule has 0 saturated heterocycles. The number of carbonyl (C=O) groups excluding carboxylic acids is 1. The highest BCUT2D eigenvalue weighted by atomic mass is 16.4. The van der Waals surface area contributed by atoms with Crippen LogP contribution in [-0.2, 0) is 9.59 Å². The summed E-state index contributed by atoms with van der Waals surface area (Å²) < 4.78 is 0. The molecule has 0 aromatic heterocycles. The maximum atomic E-state index is 11.7. The van der Waals surface area contributed by atoms with Gasteiger partial charge in [0.05, 0.1) is 12.1 Å². The van der Waals surface area contributed by atoms with Crippen LogP contribution in [0.5, 0.6) is 0 Å². The first-order valence-electron chi connectivity index (χ1n) is 5.29. The van der Waals surface area contributed by atoms with E-state index in [1.165, 1.54) is 0 Å². The van der Waals surface area contributed by atoms with Gasteiger partial charge in [0.2, 0.25) is 5.91 Å². The molecule has 0 aliphatic heterocycles. The Morgan fingerprint density at radius 1 is 1.27 bits per heavy atom. The second kappa shape index (κ2) is 3.48. The largest absolute Gasteiger partial charge is 0.480 e. The number of amides is 1.